The maximum atomic E-state index is 12.4. The Balaban J connectivity index is 1.94. The third-order valence-corrected chi connectivity index (χ3v) is 4.07. The smallest absolute Gasteiger partial charge is 0.407 e. The van der Waals surface area contributed by atoms with E-state index in [4.69, 9.17) is 9.47 Å². The molecule has 2 rings (SSSR count). The van der Waals surface area contributed by atoms with E-state index in [1.807, 2.05) is 24.3 Å². The molecule has 7 nitrogen and oxygen atoms in total. The Morgan fingerprint density at radius 3 is 2.54 bits per heavy atom. The number of methoxy groups -OCH3 is 1. The number of carbonyl (C=O) groups excluding carboxylic acids is 2. The zero-order valence-electron chi connectivity index (χ0n) is 15.3. The molecular formula is C18H23N3O4S. The Kier molecular flexibility index (Phi) is 6.57. The van der Waals surface area contributed by atoms with Gasteiger partial charge in [0.1, 0.15) is 17.0 Å². The molecule has 0 spiro atoms. The minimum absolute atomic E-state index is 0.259. The molecule has 0 aliphatic heterocycles. The number of aromatic nitrogens is 1. The molecule has 140 valence electrons. The van der Waals surface area contributed by atoms with Crippen LogP contribution in [0.15, 0.2) is 29.8 Å². The van der Waals surface area contributed by atoms with Crippen molar-refractivity contribution >= 4 is 23.3 Å². The molecule has 0 bridgehead atoms. The summed E-state index contributed by atoms with van der Waals surface area (Å²) < 4.78 is 10.5. The van der Waals surface area contributed by atoms with Crippen LogP contribution in [0.25, 0.3) is 10.4 Å². The van der Waals surface area contributed by atoms with E-state index in [1.54, 1.807) is 33.4 Å². The first-order valence-corrected chi connectivity index (χ1v) is 9.01. The number of carbonyl (C=O) groups is 2. The highest BCUT2D eigenvalue weighted by Crippen LogP contribution is 2.34. The number of thiazole rings is 1. The van der Waals surface area contributed by atoms with Crippen LogP contribution in [0.3, 0.4) is 0 Å². The first-order chi connectivity index (χ1) is 12.3. The number of para-hydroxylation sites is 1. The molecule has 0 atom stereocenters. The summed E-state index contributed by atoms with van der Waals surface area (Å²) >= 11 is 1.37. The van der Waals surface area contributed by atoms with Gasteiger partial charge in [-0.15, -0.1) is 11.3 Å². The maximum absolute atomic E-state index is 12.4. The highest BCUT2D eigenvalue weighted by Gasteiger charge is 2.19. The SMILES string of the molecule is COc1ccccc1-c1scnc1C(=O)NCCNC(=O)OC(C)(C)C. The van der Waals surface area contributed by atoms with Crippen LogP contribution in [0.5, 0.6) is 5.75 Å². The molecule has 0 saturated heterocycles. The van der Waals surface area contributed by atoms with Gasteiger partial charge in [-0.05, 0) is 32.9 Å². The zero-order valence-corrected chi connectivity index (χ0v) is 16.1. The number of ether oxygens (including phenoxy) is 2. The molecule has 1 aromatic carbocycles. The topological polar surface area (TPSA) is 89.5 Å². The van der Waals surface area contributed by atoms with Crippen LogP contribution in [0.1, 0.15) is 31.3 Å². The van der Waals surface area contributed by atoms with Crippen molar-refractivity contribution < 1.29 is 19.1 Å². The molecule has 2 amide bonds. The molecule has 8 heteroatoms. The number of alkyl carbamates (subject to hydrolysis) is 1. The molecule has 0 aliphatic rings. The summed E-state index contributed by atoms with van der Waals surface area (Å²) in [6, 6.07) is 7.46. The van der Waals surface area contributed by atoms with Crippen molar-refractivity contribution in [1.29, 1.82) is 0 Å². The van der Waals surface area contributed by atoms with Crippen LogP contribution >= 0.6 is 11.3 Å². The average molecular weight is 377 g/mol. The van der Waals surface area contributed by atoms with Crippen LogP contribution in [-0.4, -0.2) is 42.8 Å². The van der Waals surface area contributed by atoms with Gasteiger partial charge in [0.2, 0.25) is 0 Å². The third-order valence-electron chi connectivity index (χ3n) is 3.21. The maximum Gasteiger partial charge on any atom is 0.407 e. The van der Waals surface area contributed by atoms with Gasteiger partial charge in [-0.25, -0.2) is 9.78 Å². The summed E-state index contributed by atoms with van der Waals surface area (Å²) in [4.78, 5) is 28.9. The summed E-state index contributed by atoms with van der Waals surface area (Å²) in [7, 11) is 1.59. The van der Waals surface area contributed by atoms with Crippen molar-refractivity contribution in [3.8, 4) is 16.2 Å². The lowest BCUT2D eigenvalue weighted by Gasteiger charge is -2.19. The highest BCUT2D eigenvalue weighted by atomic mass is 32.1. The molecule has 0 saturated carbocycles. The van der Waals surface area contributed by atoms with E-state index >= 15 is 0 Å². The highest BCUT2D eigenvalue weighted by molar-refractivity contribution is 7.13. The molecular weight excluding hydrogens is 354 g/mol. The number of benzene rings is 1. The average Bonchev–Trinajstić information content (AvgIpc) is 3.06. The lowest BCUT2D eigenvalue weighted by Crippen LogP contribution is -2.38. The van der Waals surface area contributed by atoms with Crippen molar-refractivity contribution in [2.45, 2.75) is 26.4 Å². The van der Waals surface area contributed by atoms with Crippen molar-refractivity contribution in [3.05, 3.63) is 35.5 Å². The Labute approximate surface area is 156 Å². The van der Waals surface area contributed by atoms with Crippen LogP contribution in [0.2, 0.25) is 0 Å². The van der Waals surface area contributed by atoms with Gasteiger partial charge in [0.15, 0.2) is 0 Å². The quantitative estimate of drug-likeness (QED) is 0.755. The number of nitrogens with one attached hydrogen (secondary N) is 2. The predicted octanol–water partition coefficient (Wildman–Crippen LogP) is 3.07. The predicted molar refractivity (Wildman–Crippen MR) is 101 cm³/mol. The number of amides is 2. The summed E-state index contributed by atoms with van der Waals surface area (Å²) in [6.07, 6.45) is -0.518. The molecule has 0 unspecified atom stereocenters. The number of hydrogen-bond donors (Lipinski definition) is 2. The van der Waals surface area contributed by atoms with E-state index in [2.05, 4.69) is 15.6 Å². The fourth-order valence-electron chi connectivity index (χ4n) is 2.17. The van der Waals surface area contributed by atoms with Crippen LogP contribution in [-0.2, 0) is 4.74 Å². The summed E-state index contributed by atoms with van der Waals surface area (Å²) in [5.74, 6) is 0.371. The number of rotatable bonds is 6. The Morgan fingerprint density at radius 1 is 1.15 bits per heavy atom. The largest absolute Gasteiger partial charge is 0.496 e. The van der Waals surface area contributed by atoms with Crippen molar-refractivity contribution in [3.63, 3.8) is 0 Å². The minimum Gasteiger partial charge on any atom is -0.496 e. The molecule has 26 heavy (non-hydrogen) atoms. The zero-order chi connectivity index (χ0) is 19.2. The van der Waals surface area contributed by atoms with Gasteiger partial charge in [0.05, 0.1) is 17.5 Å². The summed E-state index contributed by atoms with van der Waals surface area (Å²) in [6.45, 7) is 5.89. The van der Waals surface area contributed by atoms with Gasteiger partial charge in [-0.1, -0.05) is 12.1 Å². The van der Waals surface area contributed by atoms with E-state index in [0.29, 0.717) is 11.4 Å². The lowest BCUT2D eigenvalue weighted by atomic mass is 10.1. The second-order valence-electron chi connectivity index (χ2n) is 6.41. The monoisotopic (exact) mass is 377 g/mol. The Bertz CT molecular complexity index is 768. The van der Waals surface area contributed by atoms with Crippen LogP contribution in [0.4, 0.5) is 4.79 Å². The minimum atomic E-state index is -0.558. The second kappa shape index (κ2) is 8.66. The van der Waals surface area contributed by atoms with Crippen molar-refractivity contribution in [2.24, 2.45) is 0 Å². The standard InChI is InChI=1S/C18H23N3O4S/c1-18(2,3)25-17(23)20-10-9-19-16(22)14-15(26-11-21-14)12-7-5-6-8-13(12)24-4/h5-8,11H,9-10H2,1-4H3,(H,19,22)(H,20,23). The normalized spacial score (nSPS) is 10.9. The van der Waals surface area contributed by atoms with Gasteiger partial charge in [-0.2, -0.15) is 0 Å². The van der Waals surface area contributed by atoms with Crippen LogP contribution < -0.4 is 15.4 Å². The third kappa shape index (κ3) is 5.45. The fourth-order valence-corrected chi connectivity index (χ4v) is 2.99. The molecule has 2 aromatic rings. The summed E-state index contributed by atoms with van der Waals surface area (Å²) in [5.41, 5.74) is 2.21. The van der Waals surface area contributed by atoms with E-state index in [-0.39, 0.29) is 19.0 Å². The molecule has 2 N–H and O–H groups in total. The number of nitrogens with zero attached hydrogens (tertiary/aromatic N) is 1. The Morgan fingerprint density at radius 2 is 1.85 bits per heavy atom. The van der Waals surface area contributed by atoms with Gasteiger partial charge < -0.3 is 20.1 Å². The van der Waals surface area contributed by atoms with E-state index in [9.17, 15) is 9.59 Å². The molecule has 0 fully saturated rings. The van der Waals surface area contributed by atoms with Gasteiger partial charge >= 0.3 is 6.09 Å². The van der Waals surface area contributed by atoms with E-state index in [0.717, 1.165) is 10.4 Å². The van der Waals surface area contributed by atoms with Crippen molar-refractivity contribution in [1.82, 2.24) is 15.6 Å². The molecule has 0 radical (unpaired) electrons. The van der Waals surface area contributed by atoms with Crippen LogP contribution in [0, 0.1) is 0 Å². The second-order valence-corrected chi connectivity index (χ2v) is 7.27. The number of hydrogen-bond acceptors (Lipinski definition) is 6. The van der Waals surface area contributed by atoms with Gasteiger partial charge in [0.25, 0.3) is 5.91 Å². The first kappa shape index (κ1) is 19.7. The van der Waals surface area contributed by atoms with E-state index < -0.39 is 11.7 Å². The molecule has 1 heterocycles. The molecule has 0 aliphatic carbocycles. The fraction of sp³-hybridized carbons (Fsp3) is 0.389. The van der Waals surface area contributed by atoms with Crippen molar-refractivity contribution in [2.75, 3.05) is 20.2 Å². The molecule has 1 aromatic heterocycles. The van der Waals surface area contributed by atoms with E-state index in [1.165, 1.54) is 11.3 Å². The first-order valence-electron chi connectivity index (χ1n) is 8.13. The van der Waals surface area contributed by atoms with Gasteiger partial charge in [0, 0.05) is 18.7 Å². The lowest BCUT2D eigenvalue weighted by molar-refractivity contribution is 0.0526. The summed E-state index contributed by atoms with van der Waals surface area (Å²) in [5, 5.41) is 5.34. The van der Waals surface area contributed by atoms with Gasteiger partial charge in [-0.3, -0.25) is 4.79 Å². The Hall–Kier alpha value is -2.61.